The van der Waals surface area contributed by atoms with Crippen molar-refractivity contribution in [1.29, 1.82) is 0 Å². The molecule has 3 heteroatoms. The fraction of sp³-hybridized carbons (Fsp3) is 0.625. The van der Waals surface area contributed by atoms with Crippen molar-refractivity contribution < 1.29 is 4.21 Å². The number of hydrogen-bond donors (Lipinski definition) is 1. The molecule has 1 aromatic rings. The van der Waals surface area contributed by atoms with E-state index in [0.29, 0.717) is 5.75 Å². The van der Waals surface area contributed by atoms with Crippen molar-refractivity contribution >= 4 is 10.8 Å². The minimum absolute atomic E-state index is 0.0938. The molecule has 0 amide bonds. The van der Waals surface area contributed by atoms with E-state index in [0.717, 1.165) is 30.7 Å². The van der Waals surface area contributed by atoms with Gasteiger partial charge in [-0.05, 0) is 54.5 Å². The molecule has 0 bridgehead atoms. The lowest BCUT2D eigenvalue weighted by molar-refractivity contribution is 0.586. The lowest BCUT2D eigenvalue weighted by atomic mass is 9.86. The van der Waals surface area contributed by atoms with Crippen molar-refractivity contribution in [2.75, 3.05) is 12.3 Å². The smallest absolute Gasteiger partial charge is 0.0526 e. The third-order valence-electron chi connectivity index (χ3n) is 3.28. The maximum atomic E-state index is 12.1. The summed E-state index contributed by atoms with van der Waals surface area (Å²) in [6.07, 6.45) is 3.17. The molecular formula is C16H27NOS. The van der Waals surface area contributed by atoms with Crippen molar-refractivity contribution in [3.8, 4) is 0 Å². The zero-order valence-corrected chi connectivity index (χ0v) is 13.5. The van der Waals surface area contributed by atoms with Crippen LogP contribution in [0.1, 0.15) is 51.7 Å². The minimum atomic E-state index is -0.878. The van der Waals surface area contributed by atoms with Crippen molar-refractivity contribution in [1.82, 2.24) is 0 Å². The SMILES string of the molecule is CCS(=O)c1cc(CCCCN)cc(C(C)(C)C)c1. The van der Waals surface area contributed by atoms with Gasteiger partial charge in [-0.1, -0.05) is 33.8 Å². The molecule has 0 radical (unpaired) electrons. The van der Waals surface area contributed by atoms with Gasteiger partial charge in [0, 0.05) is 10.6 Å². The first kappa shape index (κ1) is 16.4. The molecule has 0 fully saturated rings. The van der Waals surface area contributed by atoms with Crippen LogP contribution in [-0.2, 0) is 22.6 Å². The van der Waals surface area contributed by atoms with Gasteiger partial charge in [0.1, 0.15) is 0 Å². The molecule has 1 aromatic carbocycles. The van der Waals surface area contributed by atoms with Crippen LogP contribution < -0.4 is 5.73 Å². The molecule has 0 saturated heterocycles. The van der Waals surface area contributed by atoms with Crippen molar-refractivity contribution in [2.45, 2.75) is 57.3 Å². The second-order valence-corrected chi connectivity index (χ2v) is 7.74. The Morgan fingerprint density at radius 3 is 2.37 bits per heavy atom. The van der Waals surface area contributed by atoms with Gasteiger partial charge in [-0.3, -0.25) is 4.21 Å². The van der Waals surface area contributed by atoms with Crippen molar-refractivity contribution in [2.24, 2.45) is 5.73 Å². The fourth-order valence-corrected chi connectivity index (χ4v) is 2.88. The molecule has 0 heterocycles. The highest BCUT2D eigenvalue weighted by atomic mass is 32.2. The monoisotopic (exact) mass is 281 g/mol. The van der Waals surface area contributed by atoms with E-state index in [4.69, 9.17) is 5.73 Å². The summed E-state index contributed by atoms with van der Waals surface area (Å²) >= 11 is 0. The topological polar surface area (TPSA) is 43.1 Å². The Bertz CT molecular complexity index is 435. The maximum Gasteiger partial charge on any atom is 0.0526 e. The summed E-state index contributed by atoms with van der Waals surface area (Å²) in [4.78, 5) is 0.970. The zero-order valence-electron chi connectivity index (χ0n) is 12.7. The number of unbranched alkanes of at least 4 members (excludes halogenated alkanes) is 1. The predicted octanol–water partition coefficient (Wildman–Crippen LogP) is 3.39. The summed E-state index contributed by atoms with van der Waals surface area (Å²) in [5, 5.41) is 0. The van der Waals surface area contributed by atoms with Crippen LogP contribution in [0.5, 0.6) is 0 Å². The Hall–Kier alpha value is -0.670. The van der Waals surface area contributed by atoms with E-state index in [-0.39, 0.29) is 5.41 Å². The number of rotatable bonds is 6. The number of benzene rings is 1. The fourth-order valence-electron chi connectivity index (χ4n) is 2.01. The summed E-state index contributed by atoms with van der Waals surface area (Å²) in [7, 11) is -0.878. The summed E-state index contributed by atoms with van der Waals surface area (Å²) in [6.45, 7) is 9.31. The van der Waals surface area contributed by atoms with Crippen LogP contribution in [0.3, 0.4) is 0 Å². The molecular weight excluding hydrogens is 254 g/mol. The van der Waals surface area contributed by atoms with Crippen LogP contribution in [-0.4, -0.2) is 16.5 Å². The number of aryl methyl sites for hydroxylation is 1. The predicted molar refractivity (Wildman–Crippen MR) is 84.1 cm³/mol. The summed E-state index contributed by atoms with van der Waals surface area (Å²) in [5.41, 5.74) is 8.20. The van der Waals surface area contributed by atoms with Gasteiger partial charge in [-0.2, -0.15) is 0 Å². The van der Waals surface area contributed by atoms with Crippen LogP contribution in [0.25, 0.3) is 0 Å². The molecule has 0 aliphatic rings. The average molecular weight is 281 g/mol. The third-order valence-corrected chi connectivity index (χ3v) is 4.56. The summed E-state index contributed by atoms with van der Waals surface area (Å²) in [6, 6.07) is 6.46. The molecule has 19 heavy (non-hydrogen) atoms. The van der Waals surface area contributed by atoms with Gasteiger partial charge in [-0.15, -0.1) is 0 Å². The van der Waals surface area contributed by atoms with E-state index in [1.54, 1.807) is 0 Å². The zero-order chi connectivity index (χ0) is 14.5. The van der Waals surface area contributed by atoms with Crippen molar-refractivity contribution in [3.05, 3.63) is 29.3 Å². The first-order chi connectivity index (χ1) is 8.88. The van der Waals surface area contributed by atoms with Crippen LogP contribution in [0, 0.1) is 0 Å². The highest BCUT2D eigenvalue weighted by Gasteiger charge is 2.16. The van der Waals surface area contributed by atoms with E-state index in [1.807, 2.05) is 6.92 Å². The lowest BCUT2D eigenvalue weighted by Gasteiger charge is -2.21. The van der Waals surface area contributed by atoms with Crippen molar-refractivity contribution in [3.63, 3.8) is 0 Å². The van der Waals surface area contributed by atoms with E-state index in [1.165, 1.54) is 11.1 Å². The Labute approximate surface area is 120 Å². The van der Waals surface area contributed by atoms with Gasteiger partial charge in [-0.25, -0.2) is 0 Å². The van der Waals surface area contributed by atoms with Crippen LogP contribution in [0.15, 0.2) is 23.1 Å². The molecule has 108 valence electrons. The Morgan fingerprint density at radius 1 is 1.16 bits per heavy atom. The van der Waals surface area contributed by atoms with Gasteiger partial charge < -0.3 is 5.73 Å². The molecule has 0 aromatic heterocycles. The van der Waals surface area contributed by atoms with Crippen LogP contribution >= 0.6 is 0 Å². The standard InChI is InChI=1S/C16H27NOS/c1-5-19(18)15-11-13(8-6-7-9-17)10-14(12-15)16(2,3)4/h10-12H,5-9,17H2,1-4H3. The highest BCUT2D eigenvalue weighted by molar-refractivity contribution is 7.85. The summed E-state index contributed by atoms with van der Waals surface area (Å²) in [5.74, 6) is 0.676. The Morgan fingerprint density at radius 2 is 1.84 bits per heavy atom. The van der Waals surface area contributed by atoms with Crippen LogP contribution in [0.2, 0.25) is 0 Å². The molecule has 0 spiro atoms. The first-order valence-electron chi connectivity index (χ1n) is 7.11. The van der Waals surface area contributed by atoms with Gasteiger partial charge in [0.2, 0.25) is 0 Å². The second kappa shape index (κ2) is 7.20. The van der Waals surface area contributed by atoms with Crippen LogP contribution in [0.4, 0.5) is 0 Å². The molecule has 1 unspecified atom stereocenters. The number of nitrogens with two attached hydrogens (primary N) is 1. The Kier molecular flexibility index (Phi) is 6.21. The molecule has 2 nitrogen and oxygen atoms in total. The largest absolute Gasteiger partial charge is 0.330 e. The van der Waals surface area contributed by atoms with Gasteiger partial charge in [0.05, 0.1) is 10.8 Å². The lowest BCUT2D eigenvalue weighted by Crippen LogP contribution is -2.13. The normalized spacial score (nSPS) is 13.5. The quantitative estimate of drug-likeness (QED) is 0.812. The van der Waals surface area contributed by atoms with E-state index in [9.17, 15) is 4.21 Å². The van der Waals surface area contributed by atoms with Gasteiger partial charge >= 0.3 is 0 Å². The van der Waals surface area contributed by atoms with E-state index < -0.39 is 10.8 Å². The summed E-state index contributed by atoms with van der Waals surface area (Å²) < 4.78 is 12.1. The Balaban J connectivity index is 3.06. The minimum Gasteiger partial charge on any atom is -0.330 e. The first-order valence-corrected chi connectivity index (χ1v) is 8.43. The molecule has 0 aliphatic carbocycles. The average Bonchev–Trinajstić information content (AvgIpc) is 2.36. The second-order valence-electron chi connectivity index (χ2n) is 6.00. The van der Waals surface area contributed by atoms with Gasteiger partial charge in [0.25, 0.3) is 0 Å². The molecule has 0 aliphatic heterocycles. The van der Waals surface area contributed by atoms with Gasteiger partial charge in [0.15, 0.2) is 0 Å². The highest BCUT2D eigenvalue weighted by Crippen LogP contribution is 2.26. The maximum absolute atomic E-state index is 12.1. The molecule has 2 N–H and O–H groups in total. The third kappa shape index (κ3) is 5.07. The molecule has 1 rings (SSSR count). The number of hydrogen-bond acceptors (Lipinski definition) is 2. The molecule has 1 atom stereocenters. The van der Waals surface area contributed by atoms with E-state index in [2.05, 4.69) is 39.0 Å². The van der Waals surface area contributed by atoms with E-state index >= 15 is 0 Å². The molecule has 0 saturated carbocycles.